The summed E-state index contributed by atoms with van der Waals surface area (Å²) in [6.45, 7) is 11.1. The van der Waals surface area contributed by atoms with Gasteiger partial charge in [0, 0.05) is 43.8 Å². The van der Waals surface area contributed by atoms with Crippen LogP contribution in [0.2, 0.25) is 0 Å². The van der Waals surface area contributed by atoms with Crippen molar-refractivity contribution >= 4 is 23.2 Å². The van der Waals surface area contributed by atoms with Crippen LogP contribution in [0, 0.1) is 5.41 Å². The number of carbonyl (C=O) groups is 2. The molecule has 31 heavy (non-hydrogen) atoms. The number of hydrogen-bond donors (Lipinski definition) is 2. The van der Waals surface area contributed by atoms with Crippen molar-refractivity contribution in [2.75, 3.05) is 50.4 Å². The Hall–Kier alpha value is -2.70. The van der Waals surface area contributed by atoms with Gasteiger partial charge in [-0.3, -0.25) is 9.59 Å². The van der Waals surface area contributed by atoms with Gasteiger partial charge in [0.1, 0.15) is 0 Å². The number of hydrogen-bond acceptors (Lipinski definition) is 4. The summed E-state index contributed by atoms with van der Waals surface area (Å²) in [6.07, 6.45) is 1.000. The predicted molar refractivity (Wildman–Crippen MR) is 127 cm³/mol. The average Bonchev–Trinajstić information content (AvgIpc) is 2.74. The third-order valence-electron chi connectivity index (χ3n) is 5.63. The number of likely N-dealkylation sites (N-methyl/N-ethyl adjacent to an activating group) is 1. The van der Waals surface area contributed by atoms with Gasteiger partial charge in [-0.25, -0.2) is 0 Å². The second-order valence-corrected chi connectivity index (χ2v) is 9.30. The Labute approximate surface area is 185 Å². The van der Waals surface area contributed by atoms with Gasteiger partial charge in [0.15, 0.2) is 0 Å². The molecule has 6 heteroatoms. The first kappa shape index (κ1) is 23.0. The van der Waals surface area contributed by atoms with Crippen LogP contribution in [0.25, 0.3) is 0 Å². The van der Waals surface area contributed by atoms with E-state index < -0.39 is 5.41 Å². The van der Waals surface area contributed by atoms with Crippen molar-refractivity contribution in [2.45, 2.75) is 27.2 Å². The quantitative estimate of drug-likeness (QED) is 0.745. The molecule has 3 rings (SSSR count). The minimum absolute atomic E-state index is 0.127. The molecular weight excluding hydrogens is 388 g/mol. The molecule has 166 valence electrons. The molecule has 1 aliphatic rings. The SMILES string of the molecule is CN1CCN(CCc2ccc(NC(=O)c3ccccc3NC(=O)C(C)(C)C)cc2)CC1. The molecule has 2 amide bonds. The lowest BCUT2D eigenvalue weighted by molar-refractivity contribution is -0.123. The van der Waals surface area contributed by atoms with Gasteiger partial charge in [-0.05, 0) is 43.3 Å². The number of anilines is 2. The van der Waals surface area contributed by atoms with Gasteiger partial charge in [0.05, 0.1) is 11.3 Å². The minimum atomic E-state index is -0.538. The number of nitrogens with zero attached hydrogens (tertiary/aromatic N) is 2. The van der Waals surface area contributed by atoms with Crippen molar-refractivity contribution in [2.24, 2.45) is 5.41 Å². The van der Waals surface area contributed by atoms with Gasteiger partial charge < -0.3 is 20.4 Å². The van der Waals surface area contributed by atoms with E-state index in [1.165, 1.54) is 5.56 Å². The van der Waals surface area contributed by atoms with Crippen molar-refractivity contribution in [3.8, 4) is 0 Å². The van der Waals surface area contributed by atoms with E-state index in [-0.39, 0.29) is 11.8 Å². The van der Waals surface area contributed by atoms with E-state index in [0.29, 0.717) is 11.3 Å². The van der Waals surface area contributed by atoms with Crippen LogP contribution in [0.3, 0.4) is 0 Å². The lowest BCUT2D eigenvalue weighted by Gasteiger charge is -2.32. The molecule has 2 N–H and O–H groups in total. The van der Waals surface area contributed by atoms with Gasteiger partial charge in [0.25, 0.3) is 5.91 Å². The first-order chi connectivity index (χ1) is 14.7. The monoisotopic (exact) mass is 422 g/mol. The molecule has 0 bridgehead atoms. The fourth-order valence-electron chi connectivity index (χ4n) is 3.41. The molecule has 0 aromatic heterocycles. The second kappa shape index (κ2) is 10.1. The molecule has 0 atom stereocenters. The van der Waals surface area contributed by atoms with E-state index in [1.54, 1.807) is 18.2 Å². The van der Waals surface area contributed by atoms with Crippen molar-refractivity contribution in [1.82, 2.24) is 9.80 Å². The lowest BCUT2D eigenvalue weighted by atomic mass is 9.95. The maximum Gasteiger partial charge on any atom is 0.257 e. The number of rotatable bonds is 6. The van der Waals surface area contributed by atoms with Gasteiger partial charge in [-0.15, -0.1) is 0 Å². The van der Waals surface area contributed by atoms with E-state index in [4.69, 9.17) is 0 Å². The molecule has 0 spiro atoms. The Morgan fingerprint density at radius 1 is 0.903 bits per heavy atom. The zero-order valence-corrected chi connectivity index (χ0v) is 19.1. The molecule has 0 radical (unpaired) electrons. The van der Waals surface area contributed by atoms with Crippen molar-refractivity contribution in [3.63, 3.8) is 0 Å². The minimum Gasteiger partial charge on any atom is -0.325 e. The summed E-state index contributed by atoms with van der Waals surface area (Å²) in [6, 6.07) is 15.1. The van der Waals surface area contributed by atoms with Crippen LogP contribution in [0.15, 0.2) is 48.5 Å². The molecule has 1 aliphatic heterocycles. The first-order valence-electron chi connectivity index (χ1n) is 10.9. The number of para-hydroxylation sites is 1. The summed E-state index contributed by atoms with van der Waals surface area (Å²) in [5.41, 5.74) is 2.42. The number of benzene rings is 2. The van der Waals surface area contributed by atoms with Crippen molar-refractivity contribution in [3.05, 3.63) is 59.7 Å². The molecular formula is C25H34N4O2. The van der Waals surface area contributed by atoms with Gasteiger partial charge in [-0.1, -0.05) is 45.0 Å². The Kier molecular flexibility index (Phi) is 7.46. The summed E-state index contributed by atoms with van der Waals surface area (Å²) in [7, 11) is 2.17. The maximum absolute atomic E-state index is 12.8. The van der Waals surface area contributed by atoms with Crippen LogP contribution >= 0.6 is 0 Å². The van der Waals surface area contributed by atoms with Crippen LogP contribution in [0.4, 0.5) is 11.4 Å². The van der Waals surface area contributed by atoms with Crippen LogP contribution in [-0.2, 0) is 11.2 Å². The summed E-state index contributed by atoms with van der Waals surface area (Å²) in [4.78, 5) is 30.0. The smallest absolute Gasteiger partial charge is 0.257 e. The lowest BCUT2D eigenvalue weighted by Crippen LogP contribution is -2.45. The zero-order chi connectivity index (χ0) is 22.4. The second-order valence-electron chi connectivity index (χ2n) is 9.30. The summed E-state index contributed by atoms with van der Waals surface area (Å²) < 4.78 is 0. The summed E-state index contributed by atoms with van der Waals surface area (Å²) in [5.74, 6) is -0.368. The molecule has 0 saturated carbocycles. The van der Waals surface area contributed by atoms with Crippen LogP contribution in [-0.4, -0.2) is 61.4 Å². The van der Waals surface area contributed by atoms with Gasteiger partial charge >= 0.3 is 0 Å². The van der Waals surface area contributed by atoms with Crippen molar-refractivity contribution < 1.29 is 9.59 Å². The average molecular weight is 423 g/mol. The highest BCUT2D eigenvalue weighted by atomic mass is 16.2. The molecule has 1 fully saturated rings. The number of carbonyl (C=O) groups excluding carboxylic acids is 2. The van der Waals surface area contributed by atoms with E-state index in [0.717, 1.165) is 44.8 Å². The van der Waals surface area contributed by atoms with E-state index >= 15 is 0 Å². The van der Waals surface area contributed by atoms with E-state index in [2.05, 4.69) is 39.6 Å². The van der Waals surface area contributed by atoms with Crippen LogP contribution in [0.5, 0.6) is 0 Å². The highest BCUT2D eigenvalue weighted by Crippen LogP contribution is 2.22. The Balaban J connectivity index is 1.58. The standard InChI is InChI=1S/C25H34N4O2/c1-25(2,3)24(31)27-22-8-6-5-7-21(22)23(30)26-20-11-9-19(10-12-20)13-14-29-17-15-28(4)16-18-29/h5-12H,13-18H2,1-4H3,(H,26,30)(H,27,31). The zero-order valence-electron chi connectivity index (χ0n) is 19.1. The van der Waals surface area contributed by atoms with E-state index in [9.17, 15) is 9.59 Å². The molecule has 2 aromatic carbocycles. The third kappa shape index (κ3) is 6.64. The molecule has 0 aliphatic carbocycles. The Morgan fingerprint density at radius 3 is 2.19 bits per heavy atom. The third-order valence-corrected chi connectivity index (χ3v) is 5.63. The summed E-state index contributed by atoms with van der Waals surface area (Å²) >= 11 is 0. The van der Waals surface area contributed by atoms with Crippen molar-refractivity contribution in [1.29, 1.82) is 0 Å². The molecule has 6 nitrogen and oxygen atoms in total. The highest BCUT2D eigenvalue weighted by Gasteiger charge is 2.23. The molecule has 1 heterocycles. The predicted octanol–water partition coefficient (Wildman–Crippen LogP) is 3.71. The van der Waals surface area contributed by atoms with Gasteiger partial charge in [-0.2, -0.15) is 0 Å². The largest absolute Gasteiger partial charge is 0.325 e. The fourth-order valence-corrected chi connectivity index (χ4v) is 3.41. The Bertz CT molecular complexity index is 894. The van der Waals surface area contributed by atoms with Gasteiger partial charge in [0.2, 0.25) is 5.91 Å². The van der Waals surface area contributed by atoms with Crippen LogP contribution in [0.1, 0.15) is 36.7 Å². The summed E-state index contributed by atoms with van der Waals surface area (Å²) in [5, 5.41) is 5.81. The topological polar surface area (TPSA) is 64.7 Å². The van der Waals surface area contributed by atoms with Crippen LogP contribution < -0.4 is 10.6 Å². The number of amides is 2. The highest BCUT2D eigenvalue weighted by molar-refractivity contribution is 6.10. The normalized spacial score (nSPS) is 15.5. The number of nitrogens with one attached hydrogen (secondary N) is 2. The van der Waals surface area contributed by atoms with E-state index in [1.807, 2.05) is 39.0 Å². The molecule has 1 saturated heterocycles. The Morgan fingerprint density at radius 2 is 1.55 bits per heavy atom. The number of piperazine rings is 1. The molecule has 2 aromatic rings. The maximum atomic E-state index is 12.8. The fraction of sp³-hybridized carbons (Fsp3) is 0.440. The molecule has 0 unspecified atom stereocenters. The first-order valence-corrected chi connectivity index (χ1v) is 10.9.